The average molecular weight is 288 g/mol. The average Bonchev–Trinajstić information content (AvgIpc) is 2.55. The maximum Gasteiger partial charge on any atom is 0.0329 e. The van der Waals surface area contributed by atoms with Gasteiger partial charge in [-0.3, -0.25) is 4.90 Å². The smallest absolute Gasteiger partial charge is 0.0329 e. The first-order valence-electron chi connectivity index (χ1n) is 8.73. The monoisotopic (exact) mass is 288 g/mol. The Morgan fingerprint density at radius 1 is 1.14 bits per heavy atom. The molecule has 2 nitrogen and oxygen atoms in total. The molecule has 0 spiro atoms. The molecule has 0 aromatic heterocycles. The van der Waals surface area contributed by atoms with Crippen LogP contribution in [0.4, 0.5) is 0 Å². The van der Waals surface area contributed by atoms with Gasteiger partial charge in [0, 0.05) is 12.1 Å². The molecule has 1 aromatic rings. The molecule has 1 saturated heterocycles. The van der Waals surface area contributed by atoms with Crippen molar-refractivity contribution < 1.29 is 0 Å². The lowest BCUT2D eigenvalue weighted by molar-refractivity contribution is 0.0441. The van der Waals surface area contributed by atoms with Gasteiger partial charge < -0.3 is 5.73 Å². The molecule has 118 valence electrons. The molecule has 2 rings (SSSR count). The van der Waals surface area contributed by atoms with Crippen molar-refractivity contribution >= 4 is 0 Å². The number of benzene rings is 1. The van der Waals surface area contributed by atoms with Gasteiger partial charge in [-0.05, 0) is 56.7 Å². The highest BCUT2D eigenvalue weighted by atomic mass is 15.2. The Morgan fingerprint density at radius 3 is 2.33 bits per heavy atom. The van der Waals surface area contributed by atoms with Crippen LogP contribution in [0.25, 0.3) is 0 Å². The van der Waals surface area contributed by atoms with Gasteiger partial charge in [-0.15, -0.1) is 0 Å². The lowest BCUT2D eigenvalue weighted by Crippen LogP contribution is -2.56. The van der Waals surface area contributed by atoms with E-state index in [2.05, 4.69) is 49.1 Å². The van der Waals surface area contributed by atoms with Crippen LogP contribution in [-0.4, -0.2) is 30.1 Å². The van der Waals surface area contributed by atoms with Gasteiger partial charge in [0.1, 0.15) is 0 Å². The molecule has 1 aliphatic rings. The Hall–Kier alpha value is -0.860. The Labute approximate surface area is 130 Å². The molecule has 1 atom stereocenters. The summed E-state index contributed by atoms with van der Waals surface area (Å²) in [5, 5.41) is 0. The molecule has 0 amide bonds. The van der Waals surface area contributed by atoms with E-state index >= 15 is 0 Å². The summed E-state index contributed by atoms with van der Waals surface area (Å²) in [6.45, 7) is 7.84. The summed E-state index contributed by atoms with van der Waals surface area (Å²) in [4.78, 5) is 2.69. The number of piperidine rings is 1. The molecule has 2 heteroatoms. The maximum atomic E-state index is 6.15. The predicted octanol–water partition coefficient (Wildman–Crippen LogP) is 3.85. The summed E-state index contributed by atoms with van der Waals surface area (Å²) in [6, 6.07) is 10.9. The van der Waals surface area contributed by atoms with Crippen LogP contribution in [0.5, 0.6) is 0 Å². The summed E-state index contributed by atoms with van der Waals surface area (Å²) >= 11 is 0. The van der Waals surface area contributed by atoms with Crippen molar-refractivity contribution in [2.45, 2.75) is 57.9 Å². The first-order valence-corrected chi connectivity index (χ1v) is 8.73. The molecule has 0 saturated carbocycles. The second-order valence-electron chi connectivity index (χ2n) is 6.65. The molecule has 1 aromatic carbocycles. The molecule has 21 heavy (non-hydrogen) atoms. The number of likely N-dealkylation sites (tertiary alicyclic amines) is 1. The van der Waals surface area contributed by atoms with Crippen LogP contribution >= 0.6 is 0 Å². The summed E-state index contributed by atoms with van der Waals surface area (Å²) in [5.41, 5.74) is 7.90. The Morgan fingerprint density at radius 2 is 1.81 bits per heavy atom. The predicted molar refractivity (Wildman–Crippen MR) is 91.4 cm³/mol. The largest absolute Gasteiger partial charge is 0.329 e. The van der Waals surface area contributed by atoms with Crippen LogP contribution in [0.3, 0.4) is 0 Å². The van der Waals surface area contributed by atoms with Gasteiger partial charge in [0.25, 0.3) is 0 Å². The van der Waals surface area contributed by atoms with E-state index in [0.29, 0.717) is 0 Å². The van der Waals surface area contributed by atoms with Crippen molar-refractivity contribution in [3.63, 3.8) is 0 Å². The Kier molecular flexibility index (Phi) is 6.25. The maximum absolute atomic E-state index is 6.15. The number of nitrogens with zero attached hydrogens (tertiary/aromatic N) is 1. The zero-order valence-corrected chi connectivity index (χ0v) is 13.9. The highest BCUT2D eigenvalue weighted by molar-refractivity contribution is 5.15. The highest BCUT2D eigenvalue weighted by Gasteiger charge is 2.35. The minimum atomic E-state index is 0.256. The second-order valence-corrected chi connectivity index (χ2v) is 6.65. The third kappa shape index (κ3) is 4.08. The van der Waals surface area contributed by atoms with Crippen molar-refractivity contribution in [3.05, 3.63) is 35.9 Å². The topological polar surface area (TPSA) is 29.3 Å². The fourth-order valence-electron chi connectivity index (χ4n) is 3.96. The number of nitrogens with two attached hydrogens (primary N) is 1. The number of rotatable bonds is 7. The molecule has 1 aliphatic heterocycles. The van der Waals surface area contributed by atoms with E-state index in [1.807, 2.05) is 0 Å². The third-order valence-corrected chi connectivity index (χ3v) is 5.41. The first kappa shape index (κ1) is 16.5. The molecule has 1 heterocycles. The van der Waals surface area contributed by atoms with Crippen LogP contribution in [0.15, 0.2) is 30.3 Å². The standard InChI is InChI=1S/C19H32N2/c1-3-12-19(4-2,16-20)21-13-10-18(11-14-21)15-17-8-6-5-7-9-17/h5-9,18H,3-4,10-16,20H2,1-2H3. The van der Waals surface area contributed by atoms with Crippen LogP contribution in [0.1, 0.15) is 51.5 Å². The van der Waals surface area contributed by atoms with E-state index < -0.39 is 0 Å². The van der Waals surface area contributed by atoms with Gasteiger partial charge in [-0.2, -0.15) is 0 Å². The molecule has 0 radical (unpaired) electrons. The summed E-state index contributed by atoms with van der Waals surface area (Å²) in [7, 11) is 0. The van der Waals surface area contributed by atoms with Crippen LogP contribution < -0.4 is 5.73 Å². The quantitative estimate of drug-likeness (QED) is 0.826. The normalized spacial score (nSPS) is 20.3. The van der Waals surface area contributed by atoms with E-state index in [4.69, 9.17) is 5.73 Å². The highest BCUT2D eigenvalue weighted by Crippen LogP contribution is 2.31. The minimum Gasteiger partial charge on any atom is -0.329 e. The van der Waals surface area contributed by atoms with Gasteiger partial charge >= 0.3 is 0 Å². The molecule has 2 N–H and O–H groups in total. The number of hydrogen-bond donors (Lipinski definition) is 1. The van der Waals surface area contributed by atoms with Crippen LogP contribution in [0, 0.1) is 5.92 Å². The van der Waals surface area contributed by atoms with E-state index in [1.54, 1.807) is 0 Å². The lowest BCUT2D eigenvalue weighted by atomic mass is 9.83. The fraction of sp³-hybridized carbons (Fsp3) is 0.684. The molecule has 1 unspecified atom stereocenters. The molecular weight excluding hydrogens is 256 g/mol. The second kappa shape index (κ2) is 7.95. The van der Waals surface area contributed by atoms with Gasteiger partial charge in [0.05, 0.1) is 0 Å². The molecule has 0 aliphatic carbocycles. The van der Waals surface area contributed by atoms with Gasteiger partial charge in [0.2, 0.25) is 0 Å². The zero-order valence-electron chi connectivity index (χ0n) is 13.9. The minimum absolute atomic E-state index is 0.256. The summed E-state index contributed by atoms with van der Waals surface area (Å²) in [5.74, 6) is 0.845. The van der Waals surface area contributed by atoms with Gasteiger partial charge in [-0.1, -0.05) is 50.6 Å². The van der Waals surface area contributed by atoms with Gasteiger partial charge in [-0.25, -0.2) is 0 Å². The van der Waals surface area contributed by atoms with Crippen molar-refractivity contribution in [3.8, 4) is 0 Å². The van der Waals surface area contributed by atoms with E-state index in [9.17, 15) is 0 Å². The van der Waals surface area contributed by atoms with E-state index in [1.165, 1.54) is 57.2 Å². The SMILES string of the molecule is CCCC(CC)(CN)N1CCC(Cc2ccccc2)CC1. The van der Waals surface area contributed by atoms with E-state index in [-0.39, 0.29) is 5.54 Å². The lowest BCUT2D eigenvalue weighted by Gasteiger charge is -2.46. The summed E-state index contributed by atoms with van der Waals surface area (Å²) in [6.07, 6.45) is 7.53. The first-order chi connectivity index (χ1) is 10.2. The number of hydrogen-bond acceptors (Lipinski definition) is 2. The zero-order chi connectivity index (χ0) is 15.1. The van der Waals surface area contributed by atoms with E-state index in [0.717, 1.165) is 12.5 Å². The van der Waals surface area contributed by atoms with Crippen molar-refractivity contribution in [1.29, 1.82) is 0 Å². The van der Waals surface area contributed by atoms with Crippen molar-refractivity contribution in [2.24, 2.45) is 11.7 Å². The molecular formula is C19H32N2. The van der Waals surface area contributed by atoms with Crippen molar-refractivity contribution in [2.75, 3.05) is 19.6 Å². The van der Waals surface area contributed by atoms with Gasteiger partial charge in [0.15, 0.2) is 0 Å². The van der Waals surface area contributed by atoms with Crippen LogP contribution in [0.2, 0.25) is 0 Å². The third-order valence-electron chi connectivity index (χ3n) is 5.41. The molecule has 0 bridgehead atoms. The van der Waals surface area contributed by atoms with Crippen LogP contribution in [-0.2, 0) is 6.42 Å². The Balaban J connectivity index is 1.90. The summed E-state index contributed by atoms with van der Waals surface area (Å²) < 4.78 is 0. The molecule has 1 fully saturated rings. The van der Waals surface area contributed by atoms with Crippen molar-refractivity contribution in [1.82, 2.24) is 4.90 Å². The Bertz CT molecular complexity index is 389. The fourth-order valence-corrected chi connectivity index (χ4v) is 3.96.